The minimum Gasteiger partial charge on any atom is -0.489 e. The van der Waals surface area contributed by atoms with Gasteiger partial charge in [0.25, 0.3) is 11.8 Å². The molecule has 2 amide bonds. The fourth-order valence-electron chi connectivity index (χ4n) is 4.64. The smallest absolute Gasteiger partial charge is 0.275 e. The number of halogens is 1. The number of nitrogens with zero attached hydrogens (tertiary/aromatic N) is 5. The number of aromatic nitrogens is 3. The van der Waals surface area contributed by atoms with Crippen LogP contribution in [0.4, 0.5) is 5.69 Å². The number of hydrogen-bond donors (Lipinski definition) is 0. The first kappa shape index (κ1) is 23.8. The monoisotopic (exact) mass is 523 g/mol. The predicted molar refractivity (Wildman–Crippen MR) is 142 cm³/mol. The van der Waals surface area contributed by atoms with E-state index in [0.717, 1.165) is 11.1 Å². The zero-order valence-electron chi connectivity index (χ0n) is 20.5. The van der Waals surface area contributed by atoms with Crippen LogP contribution in [0.5, 0.6) is 5.75 Å². The Bertz CT molecular complexity index is 1610. The molecule has 0 saturated carbocycles. The summed E-state index contributed by atoms with van der Waals surface area (Å²) in [6.07, 6.45) is 1.69. The summed E-state index contributed by atoms with van der Waals surface area (Å²) in [6, 6.07) is 19.9. The van der Waals surface area contributed by atoms with E-state index in [1.165, 1.54) is 9.80 Å². The minimum absolute atomic E-state index is 0.00491. The fourth-order valence-corrected chi connectivity index (χ4v) is 4.89. The summed E-state index contributed by atoms with van der Waals surface area (Å²) in [5.74, 6) is 6.04. The third kappa shape index (κ3) is 4.27. The zero-order chi connectivity index (χ0) is 26.2. The molecule has 4 heterocycles. The zero-order valence-corrected chi connectivity index (χ0v) is 21.2. The molecule has 1 atom stereocenters. The van der Waals surface area contributed by atoms with Gasteiger partial charge in [0.2, 0.25) is 0 Å². The van der Waals surface area contributed by atoms with Gasteiger partial charge in [0.1, 0.15) is 29.2 Å². The Morgan fingerprint density at radius 1 is 1.05 bits per heavy atom. The Morgan fingerprint density at radius 2 is 1.87 bits per heavy atom. The maximum atomic E-state index is 13.5. The number of likely N-dealkylation sites (N-methyl/N-ethyl adjacent to an activating group) is 1. The van der Waals surface area contributed by atoms with E-state index >= 15 is 0 Å². The second-order valence-electron chi connectivity index (χ2n) is 9.07. The summed E-state index contributed by atoms with van der Waals surface area (Å²) in [6.45, 7) is 0.645. The lowest BCUT2D eigenvalue weighted by Gasteiger charge is -2.27. The van der Waals surface area contributed by atoms with Crippen LogP contribution >= 0.6 is 11.6 Å². The van der Waals surface area contributed by atoms with Crippen molar-refractivity contribution >= 4 is 29.1 Å². The van der Waals surface area contributed by atoms with E-state index in [-0.39, 0.29) is 30.7 Å². The first-order valence-corrected chi connectivity index (χ1v) is 12.4. The number of benzene rings is 2. The van der Waals surface area contributed by atoms with Crippen LogP contribution in [-0.2, 0) is 17.9 Å². The Balaban J connectivity index is 1.22. The third-order valence-electron chi connectivity index (χ3n) is 6.66. The highest BCUT2D eigenvalue weighted by molar-refractivity contribution is 6.31. The number of carbonyl (C=O) groups excluding carboxylic acids is 2. The molecule has 2 aliphatic rings. The summed E-state index contributed by atoms with van der Waals surface area (Å²) in [5.41, 5.74) is 3.91. The number of hydrogen-bond acceptors (Lipinski definition) is 5. The van der Waals surface area contributed by atoms with E-state index in [1.54, 1.807) is 30.1 Å². The van der Waals surface area contributed by atoms with E-state index in [1.807, 2.05) is 54.6 Å². The molecule has 6 rings (SSSR count). The van der Waals surface area contributed by atoms with Crippen LogP contribution in [0.2, 0.25) is 5.15 Å². The molecular formula is C29H22ClN5O3. The van der Waals surface area contributed by atoms with Crippen LogP contribution < -0.4 is 9.64 Å². The molecule has 8 nitrogen and oxygen atoms in total. The fraction of sp³-hybridized carbons (Fsp3) is 0.172. The van der Waals surface area contributed by atoms with Crippen molar-refractivity contribution in [2.45, 2.75) is 19.1 Å². The second-order valence-corrected chi connectivity index (χ2v) is 9.42. The number of fused-ring (bicyclic) bond motifs is 2. The molecule has 0 radical (unpaired) electrons. The van der Waals surface area contributed by atoms with Crippen LogP contribution in [0.3, 0.4) is 0 Å². The maximum absolute atomic E-state index is 13.5. The second kappa shape index (κ2) is 9.69. The highest BCUT2D eigenvalue weighted by Gasteiger charge is 2.43. The summed E-state index contributed by atoms with van der Waals surface area (Å²) < 4.78 is 7.69. The van der Waals surface area contributed by atoms with Crippen molar-refractivity contribution in [3.05, 3.63) is 106 Å². The van der Waals surface area contributed by atoms with Crippen LogP contribution in [0.1, 0.15) is 32.9 Å². The Kier molecular flexibility index (Phi) is 6.06. The summed E-state index contributed by atoms with van der Waals surface area (Å²) in [5, 5.41) is 4.88. The lowest BCUT2D eigenvalue weighted by molar-refractivity contribution is -0.123. The van der Waals surface area contributed by atoms with Crippen molar-refractivity contribution in [2.24, 2.45) is 0 Å². The molecular weight excluding hydrogens is 502 g/mol. The van der Waals surface area contributed by atoms with Crippen molar-refractivity contribution in [1.29, 1.82) is 0 Å². The van der Waals surface area contributed by atoms with Gasteiger partial charge in [0, 0.05) is 24.4 Å². The molecule has 0 fully saturated rings. The molecule has 2 aliphatic heterocycles. The van der Waals surface area contributed by atoms with E-state index < -0.39 is 6.04 Å². The van der Waals surface area contributed by atoms with Gasteiger partial charge in [-0.1, -0.05) is 53.9 Å². The number of rotatable bonds is 3. The van der Waals surface area contributed by atoms with Gasteiger partial charge in [-0.25, -0.2) is 9.67 Å². The van der Waals surface area contributed by atoms with Crippen molar-refractivity contribution in [2.75, 3.05) is 18.6 Å². The molecule has 0 aliphatic carbocycles. The third-order valence-corrected chi connectivity index (χ3v) is 7.08. The topological polar surface area (TPSA) is 80.6 Å². The lowest BCUT2D eigenvalue weighted by atomic mass is 10.1. The van der Waals surface area contributed by atoms with Crippen molar-refractivity contribution in [3.63, 3.8) is 0 Å². The van der Waals surface area contributed by atoms with Gasteiger partial charge in [-0.05, 0) is 41.8 Å². The largest absolute Gasteiger partial charge is 0.489 e. The maximum Gasteiger partial charge on any atom is 0.275 e. The van der Waals surface area contributed by atoms with Gasteiger partial charge >= 0.3 is 0 Å². The summed E-state index contributed by atoms with van der Waals surface area (Å²) in [4.78, 5) is 34.0. The normalized spacial score (nSPS) is 16.3. The van der Waals surface area contributed by atoms with E-state index in [4.69, 9.17) is 16.3 Å². The van der Waals surface area contributed by atoms with Gasteiger partial charge in [-0.15, -0.1) is 0 Å². The number of anilines is 1. The van der Waals surface area contributed by atoms with Gasteiger partial charge in [0.05, 0.1) is 18.8 Å². The lowest BCUT2D eigenvalue weighted by Crippen LogP contribution is -2.49. The van der Waals surface area contributed by atoms with Gasteiger partial charge < -0.3 is 14.5 Å². The first-order valence-electron chi connectivity index (χ1n) is 12.1. The van der Waals surface area contributed by atoms with Crippen molar-refractivity contribution in [3.8, 4) is 17.6 Å². The molecule has 0 saturated heterocycles. The molecule has 2 aromatic heterocycles. The molecule has 0 spiro atoms. The van der Waals surface area contributed by atoms with Crippen LogP contribution in [0.25, 0.3) is 0 Å². The van der Waals surface area contributed by atoms with E-state index in [2.05, 4.69) is 21.9 Å². The molecule has 0 N–H and O–H groups in total. The Hall–Kier alpha value is -4.61. The number of ether oxygens (including phenoxy) is 1. The molecule has 188 valence electrons. The molecule has 0 bridgehead atoms. The summed E-state index contributed by atoms with van der Waals surface area (Å²) >= 11 is 6.63. The highest BCUT2D eigenvalue weighted by atomic mass is 35.5. The molecule has 38 heavy (non-hydrogen) atoms. The average Bonchev–Trinajstić information content (AvgIpc) is 3.39. The van der Waals surface area contributed by atoms with Crippen LogP contribution in [-0.4, -0.2) is 51.2 Å². The Labute approximate surface area is 224 Å². The summed E-state index contributed by atoms with van der Waals surface area (Å²) in [7, 11) is 1.68. The predicted octanol–water partition coefficient (Wildman–Crippen LogP) is 3.76. The van der Waals surface area contributed by atoms with Gasteiger partial charge in [-0.3, -0.25) is 9.59 Å². The number of pyridine rings is 1. The van der Waals surface area contributed by atoms with Crippen molar-refractivity contribution in [1.82, 2.24) is 19.7 Å². The number of carbonyl (C=O) groups is 2. The van der Waals surface area contributed by atoms with Crippen LogP contribution in [0, 0.1) is 11.8 Å². The number of amides is 2. The quantitative estimate of drug-likeness (QED) is 0.382. The molecule has 4 aromatic rings. The van der Waals surface area contributed by atoms with E-state index in [9.17, 15) is 9.59 Å². The molecule has 2 aromatic carbocycles. The van der Waals surface area contributed by atoms with Gasteiger partial charge in [-0.2, -0.15) is 5.10 Å². The minimum atomic E-state index is -0.823. The van der Waals surface area contributed by atoms with Crippen molar-refractivity contribution < 1.29 is 14.3 Å². The standard InChI is InChI=1S/C29H22ClN5O3/c1-33-23-13-11-19(10-12-21-9-5-6-14-31-21)15-25(23)38-18-24(28(33)36)34-17-22-26(29(34)37)32-35(27(22)30)16-20-7-3-2-4-8-20/h2-9,11,13-15,24H,16-18H2,1H3/t24-/m1/s1. The Morgan fingerprint density at radius 3 is 2.63 bits per heavy atom. The van der Waals surface area contributed by atoms with E-state index in [0.29, 0.717) is 34.4 Å². The SMILES string of the molecule is CN1C(=O)[C@H](N2Cc3c(nn(Cc4ccccc4)c3Cl)C2=O)COc2cc(C#Cc3ccccn3)ccc21. The van der Waals surface area contributed by atoms with Gasteiger partial charge in [0.15, 0.2) is 5.69 Å². The molecule has 0 unspecified atom stereocenters. The van der Waals surface area contributed by atoms with Crippen LogP contribution in [0.15, 0.2) is 72.9 Å². The molecule has 9 heteroatoms. The first-order chi connectivity index (χ1) is 18.5. The highest BCUT2D eigenvalue weighted by Crippen LogP contribution is 2.35. The average molecular weight is 524 g/mol.